The first kappa shape index (κ1) is 21.6. The topological polar surface area (TPSA) is 58.4 Å². The van der Waals surface area contributed by atoms with Crippen LogP contribution >= 0.6 is 0 Å². The van der Waals surface area contributed by atoms with Gasteiger partial charge < -0.3 is 19.8 Å². The standard InChI is InChI=1S/C25H36N6O/c1-18(29(3)20-9-4-7-19-8-6-12-26-25(19)20)24-21(17-32)31-22(27-24)10-5-11-23(31)30-15-13-28(2)14-16-30/h5-6,8,10-12,18,20-21,24,32H,4,7,9,13-17H2,1-3H3/t18?,20-,21?,24?/m0/s1. The van der Waals surface area contributed by atoms with E-state index in [1.807, 2.05) is 12.3 Å². The maximum atomic E-state index is 10.5. The highest BCUT2D eigenvalue weighted by Crippen LogP contribution is 2.36. The predicted molar refractivity (Wildman–Crippen MR) is 127 cm³/mol. The van der Waals surface area contributed by atoms with E-state index < -0.39 is 0 Å². The van der Waals surface area contributed by atoms with Gasteiger partial charge in [-0.25, -0.2) is 0 Å². The zero-order valence-electron chi connectivity index (χ0n) is 19.6. The molecule has 4 atom stereocenters. The minimum atomic E-state index is -0.0508. The molecule has 5 rings (SSSR count). The van der Waals surface area contributed by atoms with Gasteiger partial charge in [0, 0.05) is 38.4 Å². The lowest BCUT2D eigenvalue weighted by Gasteiger charge is -2.43. The Bertz CT molecular complexity index is 919. The molecule has 7 nitrogen and oxygen atoms in total. The number of likely N-dealkylation sites (N-methyl/N-ethyl adjacent to an activating group) is 2. The van der Waals surface area contributed by atoms with E-state index in [-0.39, 0.29) is 24.7 Å². The van der Waals surface area contributed by atoms with Gasteiger partial charge >= 0.3 is 0 Å². The Morgan fingerprint density at radius 1 is 1.25 bits per heavy atom. The average molecular weight is 437 g/mol. The van der Waals surface area contributed by atoms with E-state index in [4.69, 9.17) is 9.98 Å². The predicted octanol–water partition coefficient (Wildman–Crippen LogP) is 1.88. The summed E-state index contributed by atoms with van der Waals surface area (Å²) >= 11 is 0. The van der Waals surface area contributed by atoms with Crippen molar-refractivity contribution in [3.63, 3.8) is 0 Å². The number of amidine groups is 1. The summed E-state index contributed by atoms with van der Waals surface area (Å²) in [5.74, 6) is 2.16. The fourth-order valence-electron chi connectivity index (χ4n) is 5.75. The molecule has 0 aromatic carbocycles. The van der Waals surface area contributed by atoms with Crippen LogP contribution in [0, 0.1) is 0 Å². The van der Waals surface area contributed by atoms with Crippen molar-refractivity contribution in [2.75, 3.05) is 46.9 Å². The number of hydrogen-bond donors (Lipinski definition) is 1. The van der Waals surface area contributed by atoms with Gasteiger partial charge in [0.1, 0.15) is 11.7 Å². The van der Waals surface area contributed by atoms with Gasteiger partial charge in [-0.3, -0.25) is 14.9 Å². The molecule has 0 saturated carbocycles. The van der Waals surface area contributed by atoms with Crippen LogP contribution in [0.4, 0.5) is 0 Å². The fourth-order valence-corrected chi connectivity index (χ4v) is 5.75. The van der Waals surface area contributed by atoms with Crippen LogP contribution in [-0.2, 0) is 6.42 Å². The molecule has 4 heterocycles. The number of rotatable bonds is 5. The molecule has 1 aliphatic carbocycles. The molecule has 3 unspecified atom stereocenters. The maximum Gasteiger partial charge on any atom is 0.129 e. The number of fused-ring (bicyclic) bond motifs is 2. The first-order valence-corrected chi connectivity index (χ1v) is 12.0. The summed E-state index contributed by atoms with van der Waals surface area (Å²) in [6.45, 7) is 6.47. The monoisotopic (exact) mass is 436 g/mol. The summed E-state index contributed by atoms with van der Waals surface area (Å²) in [6, 6.07) is 4.71. The Morgan fingerprint density at radius 2 is 2.06 bits per heavy atom. The summed E-state index contributed by atoms with van der Waals surface area (Å²) in [4.78, 5) is 19.4. The van der Waals surface area contributed by atoms with Crippen LogP contribution in [-0.4, -0.2) is 101 Å². The molecule has 3 aliphatic heterocycles. The van der Waals surface area contributed by atoms with Crippen LogP contribution in [0.1, 0.15) is 37.1 Å². The SMILES string of the molecule is CC(C1N=C2C=CC=C(N3CCN(C)CC3)N2C1CO)N(C)[C@H]1CCCc2cccnc21. The third-order valence-electron chi connectivity index (χ3n) is 7.80. The average Bonchev–Trinajstić information content (AvgIpc) is 3.22. The molecule has 0 spiro atoms. The van der Waals surface area contributed by atoms with E-state index in [1.54, 1.807) is 0 Å². The third-order valence-corrected chi connectivity index (χ3v) is 7.80. The van der Waals surface area contributed by atoms with Crippen LogP contribution in [0.5, 0.6) is 0 Å². The Morgan fingerprint density at radius 3 is 2.84 bits per heavy atom. The highest BCUT2D eigenvalue weighted by atomic mass is 16.3. The van der Waals surface area contributed by atoms with Crippen molar-refractivity contribution in [1.29, 1.82) is 0 Å². The van der Waals surface area contributed by atoms with Gasteiger partial charge in [0.15, 0.2) is 0 Å². The Hall–Kier alpha value is -2.22. The second-order valence-corrected chi connectivity index (χ2v) is 9.63. The minimum Gasteiger partial charge on any atom is -0.394 e. The van der Waals surface area contributed by atoms with Gasteiger partial charge in [-0.2, -0.15) is 0 Å². The number of pyridine rings is 1. The quantitative estimate of drug-likeness (QED) is 0.761. The molecule has 1 aromatic heterocycles. The van der Waals surface area contributed by atoms with Gasteiger partial charge in [-0.05, 0) is 64.1 Å². The van der Waals surface area contributed by atoms with Crippen LogP contribution in [0.3, 0.4) is 0 Å². The normalized spacial score (nSPS) is 29.0. The highest BCUT2D eigenvalue weighted by Gasteiger charge is 2.44. The molecule has 0 bridgehead atoms. The number of hydrogen-bond acceptors (Lipinski definition) is 7. The van der Waals surface area contributed by atoms with Crippen LogP contribution in [0.2, 0.25) is 0 Å². The lowest BCUT2D eigenvalue weighted by atomic mass is 9.89. The van der Waals surface area contributed by atoms with Crippen molar-refractivity contribution in [3.8, 4) is 0 Å². The van der Waals surface area contributed by atoms with E-state index in [1.165, 1.54) is 23.5 Å². The number of aryl methyl sites for hydroxylation is 1. The van der Waals surface area contributed by atoms with Gasteiger partial charge in [0.05, 0.1) is 30.4 Å². The Balaban J connectivity index is 1.38. The van der Waals surface area contributed by atoms with Crippen LogP contribution < -0.4 is 0 Å². The first-order valence-electron chi connectivity index (χ1n) is 12.0. The first-order chi connectivity index (χ1) is 15.6. The van der Waals surface area contributed by atoms with Crippen molar-refractivity contribution in [3.05, 3.63) is 53.6 Å². The summed E-state index contributed by atoms with van der Waals surface area (Å²) in [7, 11) is 4.38. The summed E-state index contributed by atoms with van der Waals surface area (Å²) in [6.07, 6.45) is 11.7. The molecule has 4 aliphatic rings. The Kier molecular flexibility index (Phi) is 6.05. The van der Waals surface area contributed by atoms with Crippen LogP contribution in [0.25, 0.3) is 0 Å². The van der Waals surface area contributed by atoms with Crippen molar-refractivity contribution in [2.24, 2.45) is 4.99 Å². The highest BCUT2D eigenvalue weighted by molar-refractivity contribution is 5.97. The summed E-state index contributed by atoms with van der Waals surface area (Å²) in [5, 5.41) is 10.5. The second-order valence-electron chi connectivity index (χ2n) is 9.63. The van der Waals surface area contributed by atoms with Crippen molar-refractivity contribution >= 4 is 5.84 Å². The van der Waals surface area contributed by atoms with Crippen molar-refractivity contribution in [2.45, 2.75) is 50.4 Å². The van der Waals surface area contributed by atoms with E-state index in [9.17, 15) is 5.11 Å². The molecule has 0 radical (unpaired) electrons. The molecule has 0 amide bonds. The van der Waals surface area contributed by atoms with E-state index in [0.717, 1.165) is 44.9 Å². The number of aromatic nitrogens is 1. The molecule has 1 saturated heterocycles. The van der Waals surface area contributed by atoms with Gasteiger partial charge in [0.2, 0.25) is 0 Å². The zero-order valence-corrected chi connectivity index (χ0v) is 19.6. The van der Waals surface area contributed by atoms with Gasteiger partial charge in [0.25, 0.3) is 0 Å². The zero-order chi connectivity index (χ0) is 22.2. The minimum absolute atomic E-state index is 0.00713. The molecule has 1 aromatic rings. The van der Waals surface area contributed by atoms with E-state index in [2.05, 4.69) is 64.9 Å². The number of aliphatic hydroxyl groups excluding tert-OH is 1. The molecular weight excluding hydrogens is 400 g/mol. The third kappa shape index (κ3) is 3.76. The summed E-state index contributed by atoms with van der Waals surface area (Å²) < 4.78 is 0. The maximum absolute atomic E-state index is 10.5. The number of nitrogens with zero attached hydrogens (tertiary/aromatic N) is 6. The summed E-state index contributed by atoms with van der Waals surface area (Å²) in [5.41, 5.74) is 2.59. The molecule has 7 heteroatoms. The molecule has 1 N–H and O–H groups in total. The van der Waals surface area contributed by atoms with Gasteiger partial charge in [-0.15, -0.1) is 0 Å². The van der Waals surface area contributed by atoms with E-state index in [0.29, 0.717) is 6.04 Å². The van der Waals surface area contributed by atoms with Crippen LogP contribution in [0.15, 0.2) is 47.4 Å². The van der Waals surface area contributed by atoms with Gasteiger partial charge in [-0.1, -0.05) is 12.1 Å². The lowest BCUT2D eigenvalue weighted by Crippen LogP contribution is -2.54. The molecule has 1 fully saturated rings. The number of allylic oxidation sites excluding steroid dienone is 2. The molecular formula is C25H36N6O. The Labute approximate surface area is 191 Å². The largest absolute Gasteiger partial charge is 0.394 e. The lowest BCUT2D eigenvalue weighted by molar-refractivity contribution is 0.0908. The van der Waals surface area contributed by atoms with Crippen molar-refractivity contribution < 1.29 is 5.11 Å². The number of aliphatic imine (C=N–C) groups is 1. The number of aliphatic hydroxyl groups is 1. The smallest absolute Gasteiger partial charge is 0.129 e. The number of piperazine rings is 1. The van der Waals surface area contributed by atoms with Crippen molar-refractivity contribution in [1.82, 2.24) is 24.6 Å². The van der Waals surface area contributed by atoms with E-state index >= 15 is 0 Å². The fraction of sp³-hybridized carbons (Fsp3) is 0.600. The molecule has 32 heavy (non-hydrogen) atoms. The second kappa shape index (κ2) is 8.96. The molecule has 172 valence electrons.